The quantitative estimate of drug-likeness (QED) is 0.0379. The molecule has 0 aliphatic rings. The third kappa shape index (κ3) is 35.5. The van der Waals surface area contributed by atoms with E-state index in [-0.39, 0.29) is 29.5 Å². The van der Waals surface area contributed by atoms with Crippen LogP contribution >= 0.6 is 0 Å². The van der Waals surface area contributed by atoms with Gasteiger partial charge >= 0.3 is 0 Å². The van der Waals surface area contributed by atoms with E-state index in [9.17, 15) is 24.0 Å². The molecule has 0 saturated carbocycles. The van der Waals surface area contributed by atoms with Crippen LogP contribution in [-0.4, -0.2) is 172 Å². The zero-order chi connectivity index (χ0) is 48.9. The summed E-state index contributed by atoms with van der Waals surface area (Å²) in [5.41, 5.74) is 22.8. The van der Waals surface area contributed by atoms with Crippen molar-refractivity contribution in [3.8, 4) is 0 Å². The van der Waals surface area contributed by atoms with Crippen molar-refractivity contribution in [3.05, 3.63) is 36.5 Å². The molecule has 0 bridgehead atoms. The minimum absolute atomic E-state index is 0.0434. The molecule has 0 aromatic rings. The van der Waals surface area contributed by atoms with E-state index in [2.05, 4.69) is 71.6 Å². The second kappa shape index (κ2) is 45.1. The van der Waals surface area contributed by atoms with Crippen LogP contribution in [0.1, 0.15) is 136 Å². The fourth-order valence-electron chi connectivity index (χ4n) is 7.40. The van der Waals surface area contributed by atoms with Crippen molar-refractivity contribution >= 4 is 29.5 Å². The van der Waals surface area contributed by atoms with Crippen LogP contribution in [0.5, 0.6) is 0 Å². The molecule has 66 heavy (non-hydrogen) atoms. The molecule has 0 aliphatic heterocycles. The van der Waals surface area contributed by atoms with E-state index in [0.29, 0.717) is 149 Å². The summed E-state index contributed by atoms with van der Waals surface area (Å²) in [6.45, 7) is 16.2. The molecule has 10 N–H and O–H groups in total. The summed E-state index contributed by atoms with van der Waals surface area (Å²) in [5, 5.41) is 6.06. The Morgan fingerprint density at radius 1 is 0.379 bits per heavy atom. The molecule has 0 atom stereocenters. The first-order chi connectivity index (χ1) is 32.1. The van der Waals surface area contributed by atoms with Gasteiger partial charge in [0, 0.05) is 71.6 Å². The Hall–Kier alpha value is -3.67. The highest BCUT2D eigenvalue weighted by Crippen LogP contribution is 2.10. The van der Waals surface area contributed by atoms with E-state index < -0.39 is 0 Å². The highest BCUT2D eigenvalue weighted by molar-refractivity contribution is 5.79. The van der Waals surface area contributed by atoms with Gasteiger partial charge in [-0.05, 0) is 149 Å². The van der Waals surface area contributed by atoms with Crippen LogP contribution in [0.25, 0.3) is 0 Å². The third-order valence-electron chi connectivity index (χ3n) is 11.1. The minimum atomic E-state index is -0.0499. The minimum Gasteiger partial charge on any atom is -0.355 e. The standard InChI is InChI=1S/C50H97N11O5/c1-4-7-10-13-25-48(64)59(40-22-32-55-46(62)44-57(34-18-28-51)35-19-29-52)38-16-17-39-60(49(65)26-14-11-8-5-2)42-24-43-61(50(66)27-15-12-9-6-3)41-23-33-56-47(63)45-58(36-20-30-53)37-21-31-54/h7-12H,4-6,13-45,51-54H2,1-3H3,(H,55,62)(H,56,63). The zero-order valence-electron chi connectivity index (χ0n) is 42.0. The van der Waals surface area contributed by atoms with Crippen molar-refractivity contribution < 1.29 is 24.0 Å². The van der Waals surface area contributed by atoms with Gasteiger partial charge in [0.2, 0.25) is 29.5 Å². The van der Waals surface area contributed by atoms with Gasteiger partial charge in [-0.1, -0.05) is 57.2 Å². The lowest BCUT2D eigenvalue weighted by Crippen LogP contribution is -2.41. The Morgan fingerprint density at radius 3 is 0.955 bits per heavy atom. The maximum atomic E-state index is 13.6. The summed E-state index contributed by atoms with van der Waals surface area (Å²) in [7, 11) is 0. The number of nitrogens with zero attached hydrogens (tertiary/aromatic N) is 5. The Morgan fingerprint density at radius 2 is 0.667 bits per heavy atom. The molecule has 16 heteroatoms. The molecule has 0 unspecified atom stereocenters. The van der Waals surface area contributed by atoms with Crippen LogP contribution in [0.3, 0.4) is 0 Å². The van der Waals surface area contributed by atoms with Crippen molar-refractivity contribution in [1.29, 1.82) is 0 Å². The van der Waals surface area contributed by atoms with E-state index in [1.54, 1.807) is 0 Å². The number of rotatable bonds is 45. The number of carbonyl (C=O) groups is 5. The van der Waals surface area contributed by atoms with Crippen LogP contribution in [0.4, 0.5) is 0 Å². The first-order valence-corrected chi connectivity index (χ1v) is 25.7. The third-order valence-corrected chi connectivity index (χ3v) is 11.1. The van der Waals surface area contributed by atoms with Crippen molar-refractivity contribution in [2.24, 2.45) is 22.9 Å². The Balaban J connectivity index is 5.62. The normalized spacial score (nSPS) is 11.7. The second-order valence-electron chi connectivity index (χ2n) is 17.0. The average Bonchev–Trinajstić information content (AvgIpc) is 3.31. The van der Waals surface area contributed by atoms with E-state index in [1.807, 2.05) is 20.8 Å². The van der Waals surface area contributed by atoms with Gasteiger partial charge in [0.25, 0.3) is 0 Å². The van der Waals surface area contributed by atoms with Crippen LogP contribution in [0, 0.1) is 0 Å². The van der Waals surface area contributed by atoms with E-state index in [0.717, 1.165) is 84.0 Å². The summed E-state index contributed by atoms with van der Waals surface area (Å²) < 4.78 is 0. The van der Waals surface area contributed by atoms with E-state index >= 15 is 0 Å². The molecule has 0 aromatic carbocycles. The molecule has 382 valence electrons. The van der Waals surface area contributed by atoms with Gasteiger partial charge in [0.1, 0.15) is 0 Å². The first kappa shape index (κ1) is 62.3. The summed E-state index contributed by atoms with van der Waals surface area (Å²) in [6, 6.07) is 0. The summed E-state index contributed by atoms with van der Waals surface area (Å²) >= 11 is 0. The smallest absolute Gasteiger partial charge is 0.234 e. The summed E-state index contributed by atoms with van der Waals surface area (Å²) in [4.78, 5) is 76.0. The van der Waals surface area contributed by atoms with Crippen molar-refractivity contribution in [2.75, 3.05) is 118 Å². The van der Waals surface area contributed by atoms with Crippen molar-refractivity contribution in [3.63, 3.8) is 0 Å². The van der Waals surface area contributed by atoms with Crippen LogP contribution in [-0.2, 0) is 24.0 Å². The maximum absolute atomic E-state index is 13.6. The number of hydrogen-bond donors (Lipinski definition) is 6. The molecule has 0 heterocycles. The second-order valence-corrected chi connectivity index (χ2v) is 17.0. The molecule has 0 aromatic heterocycles. The number of carbonyl (C=O) groups excluding carboxylic acids is 5. The fourth-order valence-corrected chi connectivity index (χ4v) is 7.40. The molecule has 0 radical (unpaired) electrons. The Labute approximate surface area is 401 Å². The van der Waals surface area contributed by atoms with Gasteiger partial charge < -0.3 is 48.3 Å². The summed E-state index contributed by atoms with van der Waals surface area (Å²) in [6.07, 6.45) is 25.1. The number of amides is 5. The number of allylic oxidation sites excluding steroid dienone is 6. The molecule has 16 nitrogen and oxygen atoms in total. The Kier molecular flexibility index (Phi) is 42.6. The lowest BCUT2D eigenvalue weighted by Gasteiger charge is -2.27. The van der Waals surface area contributed by atoms with Gasteiger partial charge in [0.15, 0.2) is 0 Å². The molecule has 0 aliphatic carbocycles. The number of unbranched alkanes of at least 4 members (excludes halogenated alkanes) is 1. The van der Waals surface area contributed by atoms with Gasteiger partial charge in [-0.25, -0.2) is 0 Å². The van der Waals surface area contributed by atoms with Gasteiger partial charge in [-0.3, -0.25) is 33.8 Å². The fraction of sp³-hybridized carbons (Fsp3) is 0.780. The lowest BCUT2D eigenvalue weighted by molar-refractivity contribution is -0.133. The molecule has 0 fully saturated rings. The highest BCUT2D eigenvalue weighted by atomic mass is 16.2. The molecule has 0 saturated heterocycles. The SMILES string of the molecule is CCC=CCCC(=O)N(CCCCN(CCCN(CCCNC(=O)CN(CCCN)CCCN)C(=O)CCC=CCC)C(=O)CCC=CCC)CCCNC(=O)CN(CCCN)CCCN. The number of hydrogen-bond acceptors (Lipinski definition) is 11. The van der Waals surface area contributed by atoms with E-state index in [4.69, 9.17) is 22.9 Å². The molecule has 5 amide bonds. The molecular weight excluding hydrogens is 835 g/mol. The first-order valence-electron chi connectivity index (χ1n) is 25.7. The highest BCUT2D eigenvalue weighted by Gasteiger charge is 2.19. The van der Waals surface area contributed by atoms with Crippen LogP contribution in [0.15, 0.2) is 36.5 Å². The topological polar surface area (TPSA) is 230 Å². The Bertz CT molecular complexity index is 1320. The van der Waals surface area contributed by atoms with Gasteiger partial charge in [-0.15, -0.1) is 0 Å². The molecule has 0 rings (SSSR count). The predicted molar refractivity (Wildman–Crippen MR) is 272 cm³/mol. The van der Waals surface area contributed by atoms with Gasteiger partial charge in [-0.2, -0.15) is 0 Å². The maximum Gasteiger partial charge on any atom is 0.234 e. The molecular formula is C50H97N11O5. The zero-order valence-corrected chi connectivity index (χ0v) is 42.0. The van der Waals surface area contributed by atoms with Crippen LogP contribution < -0.4 is 33.6 Å². The lowest BCUT2D eigenvalue weighted by atomic mass is 10.2. The monoisotopic (exact) mass is 932 g/mol. The largest absolute Gasteiger partial charge is 0.355 e. The van der Waals surface area contributed by atoms with Crippen molar-refractivity contribution in [1.82, 2.24) is 35.1 Å². The number of nitrogens with two attached hydrogens (primary N) is 4. The summed E-state index contributed by atoms with van der Waals surface area (Å²) in [5.74, 6) is 0.156. The predicted octanol–water partition coefficient (Wildman–Crippen LogP) is 3.89. The molecule has 0 spiro atoms. The average molecular weight is 932 g/mol. The van der Waals surface area contributed by atoms with Gasteiger partial charge in [0.05, 0.1) is 13.1 Å². The van der Waals surface area contributed by atoms with Crippen LogP contribution in [0.2, 0.25) is 0 Å². The van der Waals surface area contributed by atoms with E-state index in [1.165, 1.54) is 0 Å². The number of nitrogens with one attached hydrogen (secondary N) is 2. The van der Waals surface area contributed by atoms with Crippen molar-refractivity contribution in [2.45, 2.75) is 136 Å².